The number of hydrogen-bond acceptors (Lipinski definition) is 3. The Labute approximate surface area is 151 Å². The lowest BCUT2D eigenvalue weighted by Crippen LogP contribution is -2.26. The highest BCUT2D eigenvalue weighted by atomic mass is 35.5. The van der Waals surface area contributed by atoms with Gasteiger partial charge in [0.2, 0.25) is 0 Å². The lowest BCUT2D eigenvalue weighted by atomic mass is 10.1. The van der Waals surface area contributed by atoms with Crippen LogP contribution in [0.15, 0.2) is 47.5 Å². The fourth-order valence-electron chi connectivity index (χ4n) is 2.81. The van der Waals surface area contributed by atoms with E-state index < -0.39 is 0 Å². The van der Waals surface area contributed by atoms with Crippen molar-refractivity contribution in [2.45, 2.75) is 13.1 Å². The normalized spacial score (nSPS) is 11.2. The van der Waals surface area contributed by atoms with E-state index in [1.165, 1.54) is 0 Å². The maximum atomic E-state index is 12.6. The van der Waals surface area contributed by atoms with E-state index >= 15 is 0 Å². The van der Waals surface area contributed by atoms with Crippen LogP contribution in [0.5, 0.6) is 0 Å². The number of likely N-dealkylation sites (N-methyl/N-ethyl adjacent to an activating group) is 1. The molecule has 25 heavy (non-hydrogen) atoms. The Balaban J connectivity index is 1.93. The third-order valence-electron chi connectivity index (χ3n) is 4.20. The Hall–Kier alpha value is -2.55. The van der Waals surface area contributed by atoms with Gasteiger partial charge in [0.25, 0.3) is 5.56 Å². The number of pyridine rings is 1. The number of halogens is 1. The maximum Gasteiger partial charge on any atom is 0.260 e. The number of hydrogen-bond donors (Lipinski definition) is 0. The van der Waals surface area contributed by atoms with Gasteiger partial charge in [0.1, 0.15) is 6.07 Å². The average molecular weight is 355 g/mol. The van der Waals surface area contributed by atoms with Crippen LogP contribution in [0, 0.1) is 11.3 Å². The second kappa shape index (κ2) is 7.14. The zero-order valence-electron chi connectivity index (χ0n) is 14.2. The van der Waals surface area contributed by atoms with Gasteiger partial charge in [0.15, 0.2) is 0 Å². The van der Waals surface area contributed by atoms with E-state index in [2.05, 4.69) is 11.0 Å². The Kier molecular flexibility index (Phi) is 4.93. The van der Waals surface area contributed by atoms with Crippen molar-refractivity contribution in [2.24, 2.45) is 0 Å². The molecule has 0 aliphatic carbocycles. The van der Waals surface area contributed by atoms with Gasteiger partial charge in [-0.25, -0.2) is 0 Å². The minimum absolute atomic E-state index is 0.0203. The summed E-state index contributed by atoms with van der Waals surface area (Å²) < 4.78 is 3.75. The molecule has 0 saturated carbocycles. The van der Waals surface area contributed by atoms with Gasteiger partial charge in [0.05, 0.1) is 21.5 Å². The first-order chi connectivity index (χ1) is 12.0. The molecule has 2 heterocycles. The number of rotatable bonds is 5. The molecule has 0 N–H and O–H groups in total. The summed E-state index contributed by atoms with van der Waals surface area (Å²) in [7, 11) is 3.98. The summed E-state index contributed by atoms with van der Waals surface area (Å²) in [5.41, 5.74) is 2.34. The first-order valence-corrected chi connectivity index (χ1v) is 8.39. The molecule has 2 aromatic heterocycles. The van der Waals surface area contributed by atoms with Crippen LogP contribution in [0.1, 0.15) is 11.1 Å². The van der Waals surface area contributed by atoms with Crippen LogP contribution in [0.2, 0.25) is 5.02 Å². The molecule has 0 amide bonds. The number of benzene rings is 1. The number of aromatic nitrogens is 2. The number of nitriles is 1. The predicted molar refractivity (Wildman–Crippen MR) is 100 cm³/mol. The molecule has 0 atom stereocenters. The number of fused-ring (bicyclic) bond motifs is 1. The van der Waals surface area contributed by atoms with Gasteiger partial charge in [-0.2, -0.15) is 5.26 Å². The highest BCUT2D eigenvalue weighted by molar-refractivity contribution is 6.31. The van der Waals surface area contributed by atoms with Gasteiger partial charge < -0.3 is 14.0 Å². The van der Waals surface area contributed by atoms with Crippen molar-refractivity contribution < 1.29 is 0 Å². The lowest BCUT2D eigenvalue weighted by Gasteiger charge is -2.12. The molecular weight excluding hydrogens is 336 g/mol. The summed E-state index contributed by atoms with van der Waals surface area (Å²) in [6, 6.07) is 11.3. The summed E-state index contributed by atoms with van der Waals surface area (Å²) in [6.45, 7) is 2.06. The number of nitrogens with zero attached hydrogens (tertiary/aromatic N) is 4. The molecule has 6 heteroatoms. The summed E-state index contributed by atoms with van der Waals surface area (Å²) in [5.74, 6) is 0. The van der Waals surface area contributed by atoms with Crippen molar-refractivity contribution in [1.29, 1.82) is 5.26 Å². The third kappa shape index (κ3) is 3.60. The van der Waals surface area contributed by atoms with Gasteiger partial charge in [0, 0.05) is 32.0 Å². The summed E-state index contributed by atoms with van der Waals surface area (Å²) in [4.78, 5) is 14.7. The van der Waals surface area contributed by atoms with E-state index in [9.17, 15) is 4.79 Å². The molecule has 0 spiro atoms. The second-order valence-corrected chi connectivity index (χ2v) is 6.69. The first kappa shape index (κ1) is 17.3. The van der Waals surface area contributed by atoms with Gasteiger partial charge in [-0.15, -0.1) is 0 Å². The monoisotopic (exact) mass is 354 g/mol. The predicted octanol–water partition coefficient (Wildman–Crippen LogP) is 2.94. The van der Waals surface area contributed by atoms with Crippen molar-refractivity contribution >= 4 is 22.5 Å². The summed E-state index contributed by atoms with van der Waals surface area (Å²) in [6.07, 6.45) is 3.75. The minimum atomic E-state index is 0.0203. The lowest BCUT2D eigenvalue weighted by molar-refractivity contribution is 0.381. The molecule has 1 aromatic carbocycles. The summed E-state index contributed by atoms with van der Waals surface area (Å²) in [5, 5.41) is 10.3. The van der Waals surface area contributed by atoms with Crippen LogP contribution < -0.4 is 5.56 Å². The van der Waals surface area contributed by atoms with Gasteiger partial charge in [-0.1, -0.05) is 17.7 Å². The Morgan fingerprint density at radius 1 is 1.16 bits per heavy atom. The molecule has 0 unspecified atom stereocenters. The molecule has 0 fully saturated rings. The van der Waals surface area contributed by atoms with E-state index in [0.717, 1.165) is 17.6 Å². The largest absolute Gasteiger partial charge is 0.343 e. The molecule has 0 radical (unpaired) electrons. The highest BCUT2D eigenvalue weighted by Crippen LogP contribution is 2.19. The maximum absolute atomic E-state index is 12.6. The van der Waals surface area contributed by atoms with E-state index in [1.54, 1.807) is 16.7 Å². The van der Waals surface area contributed by atoms with E-state index in [4.69, 9.17) is 16.9 Å². The highest BCUT2D eigenvalue weighted by Gasteiger charge is 2.09. The van der Waals surface area contributed by atoms with Crippen LogP contribution in [-0.4, -0.2) is 34.7 Å². The quantitative estimate of drug-likeness (QED) is 0.708. The molecule has 0 aliphatic heterocycles. The first-order valence-electron chi connectivity index (χ1n) is 8.01. The van der Waals surface area contributed by atoms with E-state index in [-0.39, 0.29) is 5.56 Å². The molecule has 3 rings (SSSR count). The minimum Gasteiger partial charge on any atom is -0.343 e. The zero-order chi connectivity index (χ0) is 18.0. The Morgan fingerprint density at radius 2 is 1.92 bits per heavy atom. The fourth-order valence-corrected chi connectivity index (χ4v) is 2.97. The summed E-state index contributed by atoms with van der Waals surface area (Å²) >= 11 is 5.99. The van der Waals surface area contributed by atoms with E-state index in [0.29, 0.717) is 29.1 Å². The van der Waals surface area contributed by atoms with Crippen molar-refractivity contribution in [3.05, 3.63) is 69.2 Å². The Bertz CT molecular complexity index is 1010. The van der Waals surface area contributed by atoms with Crippen molar-refractivity contribution in [3.63, 3.8) is 0 Å². The van der Waals surface area contributed by atoms with Gasteiger partial charge >= 0.3 is 0 Å². The van der Waals surface area contributed by atoms with Crippen LogP contribution in [-0.2, 0) is 13.1 Å². The molecule has 0 saturated heterocycles. The second-order valence-electron chi connectivity index (χ2n) is 6.29. The van der Waals surface area contributed by atoms with E-state index in [1.807, 2.05) is 49.3 Å². The molecule has 3 aromatic rings. The fraction of sp³-hybridized carbons (Fsp3) is 0.263. The van der Waals surface area contributed by atoms with Crippen LogP contribution in [0.4, 0.5) is 0 Å². The van der Waals surface area contributed by atoms with Crippen LogP contribution in [0.3, 0.4) is 0 Å². The zero-order valence-corrected chi connectivity index (χ0v) is 15.0. The van der Waals surface area contributed by atoms with Crippen molar-refractivity contribution in [3.8, 4) is 6.07 Å². The molecular formula is C19H19ClN4O. The average Bonchev–Trinajstić information content (AvgIpc) is 2.99. The molecule has 128 valence electrons. The molecule has 0 aliphatic rings. The standard InChI is InChI=1S/C19H19ClN4O/c1-22(2)9-10-23-8-6-18-16(19(23)25)5-7-24(18)13-14-3-4-17(20)15(11-14)12-21/h3-8,11H,9-10,13H2,1-2H3. The van der Waals surface area contributed by atoms with Gasteiger partial charge in [-0.05, 0) is 43.9 Å². The van der Waals surface area contributed by atoms with Crippen molar-refractivity contribution in [2.75, 3.05) is 20.6 Å². The van der Waals surface area contributed by atoms with Gasteiger partial charge in [-0.3, -0.25) is 4.79 Å². The third-order valence-corrected chi connectivity index (χ3v) is 4.53. The smallest absolute Gasteiger partial charge is 0.260 e. The van der Waals surface area contributed by atoms with Crippen LogP contribution >= 0.6 is 11.6 Å². The molecule has 0 bridgehead atoms. The van der Waals surface area contributed by atoms with Crippen LogP contribution in [0.25, 0.3) is 10.9 Å². The molecule has 5 nitrogen and oxygen atoms in total. The SMILES string of the molecule is CN(C)CCn1ccc2c(ccn2Cc2ccc(Cl)c(C#N)c2)c1=O. The Morgan fingerprint density at radius 3 is 2.64 bits per heavy atom. The topological polar surface area (TPSA) is 54.0 Å². The van der Waals surface area contributed by atoms with Crippen molar-refractivity contribution in [1.82, 2.24) is 14.0 Å².